The Morgan fingerprint density at radius 1 is 1.07 bits per heavy atom. The highest BCUT2D eigenvalue weighted by atomic mass is 32.2. The first kappa shape index (κ1) is 19.8. The van der Waals surface area contributed by atoms with Crippen LogP contribution in [0.5, 0.6) is 0 Å². The van der Waals surface area contributed by atoms with Crippen molar-refractivity contribution < 1.29 is 22.4 Å². The predicted octanol–water partition coefficient (Wildman–Crippen LogP) is 3.15. The number of rotatable bonds is 7. The Hall–Kier alpha value is -2.97. The number of carbonyl (C=O) groups is 1. The van der Waals surface area contributed by atoms with Crippen LogP contribution in [0.2, 0.25) is 0 Å². The van der Waals surface area contributed by atoms with Crippen molar-refractivity contribution in [3.05, 3.63) is 60.5 Å². The van der Waals surface area contributed by atoms with Gasteiger partial charge in [-0.25, -0.2) is 18.5 Å². The number of hydrogen-bond donors (Lipinski definition) is 1. The van der Waals surface area contributed by atoms with Gasteiger partial charge in [0.2, 0.25) is 10.0 Å². The summed E-state index contributed by atoms with van der Waals surface area (Å²) in [5.74, 6) is 0.626. The zero-order chi connectivity index (χ0) is 20.1. The number of hydrogen-bond acceptors (Lipinski definition) is 6. The normalized spacial score (nSPS) is 11.4. The van der Waals surface area contributed by atoms with Crippen molar-refractivity contribution in [2.24, 2.45) is 5.14 Å². The molecule has 1 aromatic heterocycles. The third-order valence-corrected chi connectivity index (χ3v) is 4.94. The summed E-state index contributed by atoms with van der Waals surface area (Å²) in [6.07, 6.45) is 0.459. The number of ether oxygens (including phenoxy) is 1. The van der Waals surface area contributed by atoms with E-state index in [1.165, 1.54) is 12.1 Å². The third-order valence-electron chi connectivity index (χ3n) is 4.01. The van der Waals surface area contributed by atoms with Gasteiger partial charge in [0.25, 0.3) is 0 Å². The molecule has 7 nitrogen and oxygen atoms in total. The molecular formula is C20H20N2O5S. The number of aromatic nitrogens is 1. The van der Waals surface area contributed by atoms with Crippen molar-refractivity contribution in [1.82, 2.24) is 4.98 Å². The minimum atomic E-state index is -3.78. The molecule has 0 amide bonds. The molecule has 8 heteroatoms. The topological polar surface area (TPSA) is 112 Å². The lowest BCUT2D eigenvalue weighted by atomic mass is 10.1. The first-order valence-electron chi connectivity index (χ1n) is 8.72. The highest BCUT2D eigenvalue weighted by Gasteiger charge is 2.18. The summed E-state index contributed by atoms with van der Waals surface area (Å²) in [7, 11) is -3.78. The van der Waals surface area contributed by atoms with Crippen LogP contribution in [-0.2, 0) is 26.0 Å². The molecule has 0 saturated heterocycles. The van der Waals surface area contributed by atoms with Crippen LogP contribution in [0.3, 0.4) is 0 Å². The lowest BCUT2D eigenvalue weighted by Gasteiger charge is -2.03. The van der Waals surface area contributed by atoms with Gasteiger partial charge in [0.15, 0.2) is 11.7 Å². The van der Waals surface area contributed by atoms with E-state index in [-0.39, 0.29) is 17.3 Å². The van der Waals surface area contributed by atoms with Crippen LogP contribution >= 0.6 is 0 Å². The smallest absolute Gasteiger partial charge is 0.306 e. The van der Waals surface area contributed by atoms with Crippen LogP contribution in [0, 0.1) is 0 Å². The summed E-state index contributed by atoms with van der Waals surface area (Å²) in [5, 5.41) is 5.16. The molecule has 3 rings (SSSR count). The fourth-order valence-corrected chi connectivity index (χ4v) is 3.21. The second-order valence-corrected chi connectivity index (χ2v) is 7.59. The van der Waals surface area contributed by atoms with Crippen LogP contribution in [0.15, 0.2) is 63.9 Å². The van der Waals surface area contributed by atoms with E-state index in [0.29, 0.717) is 35.9 Å². The molecule has 28 heavy (non-hydrogen) atoms. The van der Waals surface area contributed by atoms with Crippen molar-refractivity contribution >= 4 is 16.0 Å². The van der Waals surface area contributed by atoms with Gasteiger partial charge in [-0.05, 0) is 19.1 Å². The average Bonchev–Trinajstić information content (AvgIpc) is 3.11. The van der Waals surface area contributed by atoms with Gasteiger partial charge in [-0.1, -0.05) is 42.5 Å². The molecule has 0 radical (unpaired) electrons. The van der Waals surface area contributed by atoms with E-state index in [1.54, 1.807) is 19.1 Å². The van der Waals surface area contributed by atoms with Crippen molar-refractivity contribution in [3.8, 4) is 22.6 Å². The standard InChI is InChI=1S/C20H20N2O5S/c1-2-26-18(23)13-12-17-22-19(20(27-17)15-6-4-3-5-7-15)14-8-10-16(11-9-14)28(21,24)25/h3-11H,2,12-13H2,1H3,(H2,21,24,25). The summed E-state index contributed by atoms with van der Waals surface area (Å²) in [4.78, 5) is 16.2. The van der Waals surface area contributed by atoms with E-state index in [0.717, 1.165) is 5.56 Å². The molecule has 2 N–H and O–H groups in total. The number of sulfonamides is 1. The maximum Gasteiger partial charge on any atom is 0.306 e. The fourth-order valence-electron chi connectivity index (χ4n) is 2.70. The Kier molecular flexibility index (Phi) is 5.91. The highest BCUT2D eigenvalue weighted by Crippen LogP contribution is 2.33. The molecule has 0 fully saturated rings. The molecular weight excluding hydrogens is 380 g/mol. The molecule has 0 unspecified atom stereocenters. The van der Waals surface area contributed by atoms with Gasteiger partial charge < -0.3 is 9.15 Å². The third kappa shape index (κ3) is 4.65. The van der Waals surface area contributed by atoms with Crippen LogP contribution < -0.4 is 5.14 Å². The molecule has 0 atom stereocenters. The molecule has 1 heterocycles. The van der Waals surface area contributed by atoms with Gasteiger partial charge in [0.05, 0.1) is 17.9 Å². The van der Waals surface area contributed by atoms with Gasteiger partial charge in [0, 0.05) is 17.5 Å². The number of esters is 1. The highest BCUT2D eigenvalue weighted by molar-refractivity contribution is 7.89. The molecule has 0 spiro atoms. The lowest BCUT2D eigenvalue weighted by Crippen LogP contribution is -2.11. The van der Waals surface area contributed by atoms with Crippen LogP contribution in [0.1, 0.15) is 19.2 Å². The van der Waals surface area contributed by atoms with E-state index < -0.39 is 10.0 Å². The zero-order valence-electron chi connectivity index (χ0n) is 15.3. The Bertz CT molecular complexity index is 1060. The molecule has 2 aromatic carbocycles. The largest absolute Gasteiger partial charge is 0.466 e. The van der Waals surface area contributed by atoms with Crippen molar-refractivity contribution in [3.63, 3.8) is 0 Å². The molecule has 146 valence electrons. The Morgan fingerprint density at radius 3 is 2.36 bits per heavy atom. The minimum Gasteiger partial charge on any atom is -0.466 e. The van der Waals surface area contributed by atoms with Gasteiger partial charge in [0.1, 0.15) is 5.69 Å². The number of primary sulfonamides is 1. The van der Waals surface area contributed by atoms with Crippen LogP contribution in [0.4, 0.5) is 0 Å². The number of aryl methyl sites for hydroxylation is 1. The van der Waals surface area contributed by atoms with E-state index in [9.17, 15) is 13.2 Å². The van der Waals surface area contributed by atoms with Crippen molar-refractivity contribution in [1.29, 1.82) is 0 Å². The van der Waals surface area contributed by atoms with E-state index >= 15 is 0 Å². The van der Waals surface area contributed by atoms with Gasteiger partial charge in [-0.2, -0.15) is 0 Å². The number of benzene rings is 2. The summed E-state index contributed by atoms with van der Waals surface area (Å²) < 4.78 is 33.8. The zero-order valence-corrected chi connectivity index (χ0v) is 16.1. The number of carbonyl (C=O) groups excluding carboxylic acids is 1. The van der Waals surface area contributed by atoms with E-state index in [2.05, 4.69) is 4.98 Å². The lowest BCUT2D eigenvalue weighted by molar-refractivity contribution is -0.143. The maximum atomic E-state index is 11.6. The minimum absolute atomic E-state index is 0.0172. The predicted molar refractivity (Wildman–Crippen MR) is 104 cm³/mol. The number of nitrogens with two attached hydrogens (primary N) is 1. The molecule has 0 saturated carbocycles. The van der Waals surface area contributed by atoms with Gasteiger partial charge in [-0.3, -0.25) is 4.79 Å². The van der Waals surface area contributed by atoms with Crippen LogP contribution in [0.25, 0.3) is 22.6 Å². The first-order chi connectivity index (χ1) is 13.4. The van der Waals surface area contributed by atoms with E-state index in [4.69, 9.17) is 14.3 Å². The summed E-state index contributed by atoms with van der Waals surface area (Å²) in [6, 6.07) is 15.5. The summed E-state index contributed by atoms with van der Waals surface area (Å²) in [5.41, 5.74) is 2.06. The van der Waals surface area contributed by atoms with Crippen molar-refractivity contribution in [2.45, 2.75) is 24.7 Å². The molecule has 0 aliphatic carbocycles. The average molecular weight is 400 g/mol. The Morgan fingerprint density at radius 2 is 1.75 bits per heavy atom. The maximum absolute atomic E-state index is 11.6. The van der Waals surface area contributed by atoms with Crippen molar-refractivity contribution in [2.75, 3.05) is 6.61 Å². The Labute approximate surface area is 163 Å². The SMILES string of the molecule is CCOC(=O)CCc1nc(-c2ccc(S(N)(=O)=O)cc2)c(-c2ccccc2)o1. The van der Waals surface area contributed by atoms with Gasteiger partial charge in [-0.15, -0.1) is 0 Å². The fraction of sp³-hybridized carbons (Fsp3) is 0.200. The summed E-state index contributed by atoms with van der Waals surface area (Å²) >= 11 is 0. The Balaban J connectivity index is 1.97. The second kappa shape index (κ2) is 8.37. The molecule has 0 aliphatic heterocycles. The molecule has 3 aromatic rings. The molecule has 0 bridgehead atoms. The number of oxazole rings is 1. The monoisotopic (exact) mass is 400 g/mol. The quantitative estimate of drug-likeness (QED) is 0.610. The number of nitrogens with zero attached hydrogens (tertiary/aromatic N) is 1. The van der Waals surface area contributed by atoms with E-state index in [1.807, 2.05) is 30.3 Å². The first-order valence-corrected chi connectivity index (χ1v) is 10.3. The summed E-state index contributed by atoms with van der Waals surface area (Å²) in [6.45, 7) is 2.07. The van der Waals surface area contributed by atoms with Crippen LogP contribution in [-0.4, -0.2) is 26.0 Å². The second-order valence-electron chi connectivity index (χ2n) is 6.03. The van der Waals surface area contributed by atoms with Gasteiger partial charge >= 0.3 is 5.97 Å². The molecule has 0 aliphatic rings.